The van der Waals surface area contributed by atoms with Crippen LogP contribution in [-0.2, 0) is 5.75 Å². The van der Waals surface area contributed by atoms with Crippen molar-refractivity contribution in [3.05, 3.63) is 66.2 Å². The monoisotopic (exact) mass is 420 g/mol. The highest BCUT2D eigenvalue weighted by Gasteiger charge is 2.12. The van der Waals surface area contributed by atoms with Crippen LogP contribution in [0, 0.1) is 6.92 Å². The molecule has 0 bridgehead atoms. The van der Waals surface area contributed by atoms with E-state index in [2.05, 4.69) is 30.5 Å². The van der Waals surface area contributed by atoms with Gasteiger partial charge in [0.15, 0.2) is 5.16 Å². The van der Waals surface area contributed by atoms with Gasteiger partial charge in [0.25, 0.3) is 0 Å². The lowest BCUT2D eigenvalue weighted by Crippen LogP contribution is -2.07. The Morgan fingerprint density at radius 2 is 1.87 bits per heavy atom. The summed E-state index contributed by atoms with van der Waals surface area (Å²) in [4.78, 5) is 12.9. The van der Waals surface area contributed by atoms with E-state index in [1.807, 2.05) is 60.0 Å². The van der Waals surface area contributed by atoms with Gasteiger partial charge in [-0.05, 0) is 30.7 Å². The number of rotatable bonds is 7. The number of benzene rings is 2. The van der Waals surface area contributed by atoms with E-state index in [0.29, 0.717) is 23.3 Å². The van der Waals surface area contributed by atoms with Crippen LogP contribution in [0.1, 0.15) is 11.4 Å². The molecule has 0 unspecified atom stereocenters. The van der Waals surface area contributed by atoms with E-state index in [1.165, 1.54) is 11.8 Å². The van der Waals surface area contributed by atoms with Gasteiger partial charge in [-0.25, -0.2) is 0 Å². The number of aryl methyl sites for hydroxylation is 1. The van der Waals surface area contributed by atoms with Crippen molar-refractivity contribution in [2.75, 3.05) is 18.2 Å². The molecular weight excluding hydrogens is 400 g/mol. The van der Waals surface area contributed by atoms with Crippen molar-refractivity contribution >= 4 is 29.3 Å². The van der Waals surface area contributed by atoms with Crippen LogP contribution in [0.2, 0.25) is 0 Å². The molecule has 152 valence electrons. The Kier molecular flexibility index (Phi) is 5.75. The van der Waals surface area contributed by atoms with Gasteiger partial charge in [0.05, 0.1) is 24.2 Å². The SMILES string of the molecule is COc1ccccc1Nc1nc(N)nc(CSc2nncn2-c2ccccc2C)n1. The molecule has 2 heterocycles. The normalized spacial score (nSPS) is 10.7. The second-order valence-electron chi connectivity index (χ2n) is 6.32. The van der Waals surface area contributed by atoms with Crippen LogP contribution >= 0.6 is 11.8 Å². The number of aromatic nitrogens is 6. The molecule has 2 aromatic heterocycles. The van der Waals surface area contributed by atoms with Crippen LogP contribution in [0.4, 0.5) is 17.6 Å². The number of nitrogens with two attached hydrogens (primary N) is 1. The number of para-hydroxylation sites is 3. The van der Waals surface area contributed by atoms with Crippen LogP contribution in [0.15, 0.2) is 60.0 Å². The third kappa shape index (κ3) is 4.33. The maximum atomic E-state index is 5.90. The first-order valence-corrected chi connectivity index (χ1v) is 10.1. The van der Waals surface area contributed by atoms with E-state index in [4.69, 9.17) is 10.5 Å². The fourth-order valence-corrected chi connectivity index (χ4v) is 3.65. The number of nitrogens with zero attached hydrogens (tertiary/aromatic N) is 6. The molecule has 0 spiro atoms. The molecule has 0 atom stereocenters. The van der Waals surface area contributed by atoms with Gasteiger partial charge in [-0.1, -0.05) is 42.1 Å². The number of hydrogen-bond acceptors (Lipinski definition) is 9. The molecule has 30 heavy (non-hydrogen) atoms. The summed E-state index contributed by atoms with van der Waals surface area (Å²) in [5.74, 6) is 2.15. The molecule has 0 aliphatic rings. The average Bonchev–Trinajstić information content (AvgIpc) is 3.21. The Morgan fingerprint density at radius 3 is 2.70 bits per heavy atom. The fraction of sp³-hybridized carbons (Fsp3) is 0.150. The molecule has 0 saturated carbocycles. The third-order valence-corrected chi connectivity index (χ3v) is 5.21. The predicted molar refractivity (Wildman–Crippen MR) is 116 cm³/mol. The summed E-state index contributed by atoms with van der Waals surface area (Å²) in [5, 5.41) is 12.1. The van der Waals surface area contributed by atoms with Gasteiger partial charge in [-0.15, -0.1) is 10.2 Å². The van der Waals surface area contributed by atoms with Gasteiger partial charge >= 0.3 is 0 Å². The highest BCUT2D eigenvalue weighted by molar-refractivity contribution is 7.98. The molecular formula is C20H20N8OS. The molecule has 0 fully saturated rings. The minimum atomic E-state index is 0.137. The van der Waals surface area contributed by atoms with Crippen molar-refractivity contribution in [3.8, 4) is 11.4 Å². The first-order valence-electron chi connectivity index (χ1n) is 9.13. The highest BCUT2D eigenvalue weighted by atomic mass is 32.2. The smallest absolute Gasteiger partial charge is 0.232 e. The molecule has 2 aromatic carbocycles. The molecule has 4 aromatic rings. The van der Waals surface area contributed by atoms with Crippen LogP contribution in [0.3, 0.4) is 0 Å². The van der Waals surface area contributed by atoms with Gasteiger partial charge < -0.3 is 15.8 Å². The number of nitrogen functional groups attached to an aromatic ring is 1. The van der Waals surface area contributed by atoms with Gasteiger partial charge in [-0.2, -0.15) is 15.0 Å². The number of ether oxygens (including phenoxy) is 1. The number of methoxy groups -OCH3 is 1. The van der Waals surface area contributed by atoms with Crippen LogP contribution in [0.25, 0.3) is 5.69 Å². The zero-order valence-electron chi connectivity index (χ0n) is 16.5. The molecule has 10 heteroatoms. The summed E-state index contributed by atoms with van der Waals surface area (Å²) in [7, 11) is 1.61. The Balaban J connectivity index is 1.53. The number of thioether (sulfide) groups is 1. The average molecular weight is 421 g/mol. The van der Waals surface area contributed by atoms with Gasteiger partial charge in [-0.3, -0.25) is 4.57 Å². The second kappa shape index (κ2) is 8.78. The third-order valence-electron chi connectivity index (χ3n) is 4.27. The van der Waals surface area contributed by atoms with Crippen molar-refractivity contribution in [1.29, 1.82) is 0 Å². The van der Waals surface area contributed by atoms with E-state index < -0.39 is 0 Å². The largest absolute Gasteiger partial charge is 0.495 e. The van der Waals surface area contributed by atoms with Crippen LogP contribution < -0.4 is 15.8 Å². The first-order chi connectivity index (χ1) is 14.6. The second-order valence-corrected chi connectivity index (χ2v) is 7.26. The highest BCUT2D eigenvalue weighted by Crippen LogP contribution is 2.27. The summed E-state index contributed by atoms with van der Waals surface area (Å²) in [6.07, 6.45) is 1.70. The number of nitrogens with one attached hydrogen (secondary N) is 1. The molecule has 9 nitrogen and oxygen atoms in total. The molecule has 0 radical (unpaired) electrons. The van der Waals surface area contributed by atoms with Crippen LogP contribution in [-0.4, -0.2) is 36.8 Å². The lowest BCUT2D eigenvalue weighted by molar-refractivity contribution is 0.417. The summed E-state index contributed by atoms with van der Waals surface area (Å²) >= 11 is 1.47. The Labute approximate surface area is 177 Å². The summed E-state index contributed by atoms with van der Waals surface area (Å²) in [5.41, 5.74) is 8.79. The number of anilines is 3. The maximum absolute atomic E-state index is 5.90. The standard InChI is InChI=1S/C20H20N8OS/c1-13-7-3-5-9-15(13)28-12-22-27-20(28)30-11-17-24-18(21)26-19(25-17)23-14-8-4-6-10-16(14)29-2/h3-10,12H,11H2,1-2H3,(H3,21,23,24,25,26). The number of hydrogen-bond donors (Lipinski definition) is 2. The van der Waals surface area contributed by atoms with Crippen molar-refractivity contribution in [2.45, 2.75) is 17.8 Å². The van der Waals surface area contributed by atoms with Crippen molar-refractivity contribution < 1.29 is 4.74 Å². The predicted octanol–water partition coefficient (Wildman–Crippen LogP) is 3.39. The zero-order chi connectivity index (χ0) is 20.9. The van der Waals surface area contributed by atoms with Gasteiger partial charge in [0, 0.05) is 0 Å². The molecule has 0 aliphatic heterocycles. The lowest BCUT2D eigenvalue weighted by atomic mass is 10.2. The van der Waals surface area contributed by atoms with Crippen LogP contribution in [0.5, 0.6) is 5.75 Å². The Morgan fingerprint density at radius 1 is 1.07 bits per heavy atom. The minimum absolute atomic E-state index is 0.137. The van der Waals surface area contributed by atoms with Gasteiger partial charge in [0.2, 0.25) is 11.9 Å². The first kappa shape index (κ1) is 19.6. The molecule has 0 aliphatic carbocycles. The molecule has 4 rings (SSSR count). The summed E-state index contributed by atoms with van der Waals surface area (Å²) < 4.78 is 7.30. The zero-order valence-corrected chi connectivity index (χ0v) is 17.3. The fourth-order valence-electron chi connectivity index (χ4n) is 2.88. The molecule has 0 amide bonds. The van der Waals surface area contributed by atoms with Crippen molar-refractivity contribution in [3.63, 3.8) is 0 Å². The van der Waals surface area contributed by atoms with Crippen molar-refractivity contribution in [2.24, 2.45) is 0 Å². The maximum Gasteiger partial charge on any atom is 0.232 e. The minimum Gasteiger partial charge on any atom is -0.495 e. The van der Waals surface area contributed by atoms with E-state index in [-0.39, 0.29) is 5.95 Å². The summed E-state index contributed by atoms with van der Waals surface area (Å²) in [6, 6.07) is 15.6. The Bertz CT molecular complexity index is 1160. The molecule has 3 N–H and O–H groups in total. The molecule has 0 saturated heterocycles. The quantitative estimate of drug-likeness (QED) is 0.434. The topological polar surface area (TPSA) is 117 Å². The van der Waals surface area contributed by atoms with E-state index in [1.54, 1.807) is 13.4 Å². The van der Waals surface area contributed by atoms with Gasteiger partial charge in [0.1, 0.15) is 17.9 Å². The Hall–Kier alpha value is -3.66. The van der Waals surface area contributed by atoms with E-state index in [0.717, 1.165) is 22.1 Å². The lowest BCUT2D eigenvalue weighted by Gasteiger charge is -2.11. The van der Waals surface area contributed by atoms with E-state index >= 15 is 0 Å². The van der Waals surface area contributed by atoms with E-state index in [9.17, 15) is 0 Å². The van der Waals surface area contributed by atoms with Crippen molar-refractivity contribution in [1.82, 2.24) is 29.7 Å². The summed E-state index contributed by atoms with van der Waals surface area (Å²) in [6.45, 7) is 2.05.